The Morgan fingerprint density at radius 2 is 2.00 bits per heavy atom. The van der Waals surface area contributed by atoms with E-state index in [4.69, 9.17) is 0 Å². The number of rotatable bonds is 3. The van der Waals surface area contributed by atoms with Gasteiger partial charge in [-0.1, -0.05) is 18.6 Å². The summed E-state index contributed by atoms with van der Waals surface area (Å²) in [6.45, 7) is 5.87. The zero-order chi connectivity index (χ0) is 13.1. The predicted molar refractivity (Wildman–Crippen MR) is 79.2 cm³/mol. The first-order valence-corrected chi connectivity index (χ1v) is 8.78. The van der Waals surface area contributed by atoms with Gasteiger partial charge < -0.3 is 4.90 Å². The largest absolute Gasteiger partial charge is 0.303 e. The lowest BCUT2D eigenvalue weighted by molar-refractivity contribution is 0.177. The van der Waals surface area contributed by atoms with Crippen LogP contribution in [0, 0.1) is 11.8 Å². The lowest BCUT2D eigenvalue weighted by Crippen LogP contribution is -2.41. The highest BCUT2D eigenvalue weighted by Gasteiger charge is 2.27. The molecule has 2 rings (SSSR count). The van der Waals surface area contributed by atoms with Crippen molar-refractivity contribution in [3.05, 3.63) is 11.6 Å². The molecule has 1 aliphatic carbocycles. The van der Waals surface area contributed by atoms with Crippen molar-refractivity contribution in [2.24, 2.45) is 11.8 Å². The van der Waals surface area contributed by atoms with Crippen molar-refractivity contribution in [3.8, 4) is 0 Å². The van der Waals surface area contributed by atoms with Crippen LogP contribution >= 0.6 is 0 Å². The highest BCUT2D eigenvalue weighted by atomic mass is 32.2. The Morgan fingerprint density at radius 1 is 1.33 bits per heavy atom. The van der Waals surface area contributed by atoms with Crippen molar-refractivity contribution in [2.75, 3.05) is 25.1 Å². The molecule has 0 aromatic carbocycles. The predicted octanol–water partition coefficient (Wildman–Crippen LogP) is 2.82. The van der Waals surface area contributed by atoms with Crippen LogP contribution in [0.4, 0.5) is 0 Å². The standard InChI is InChI=1S/C15H27NOS/c1-12-5-4-6-13(2)15(12)11-16(3)14-7-9-18(17)10-8-14/h5,13-15H,4,6-11H2,1-3H3. The van der Waals surface area contributed by atoms with Gasteiger partial charge in [-0.3, -0.25) is 4.21 Å². The van der Waals surface area contributed by atoms with Crippen LogP contribution in [-0.4, -0.2) is 40.2 Å². The minimum atomic E-state index is -0.536. The highest BCUT2D eigenvalue weighted by molar-refractivity contribution is 7.85. The summed E-state index contributed by atoms with van der Waals surface area (Å²) in [6.07, 6.45) is 7.26. The molecular formula is C15H27NOS. The van der Waals surface area contributed by atoms with Crippen LogP contribution in [0.25, 0.3) is 0 Å². The van der Waals surface area contributed by atoms with Crippen LogP contribution in [0.2, 0.25) is 0 Å². The molecule has 1 fully saturated rings. The van der Waals surface area contributed by atoms with Crippen LogP contribution < -0.4 is 0 Å². The first kappa shape index (κ1) is 14.3. The molecule has 0 saturated carbocycles. The van der Waals surface area contributed by atoms with Gasteiger partial charge in [0.2, 0.25) is 0 Å². The number of hydrogen-bond donors (Lipinski definition) is 0. The summed E-state index contributed by atoms with van der Waals surface area (Å²) in [7, 11) is 1.72. The van der Waals surface area contributed by atoms with E-state index in [2.05, 4.69) is 31.9 Å². The molecule has 3 heteroatoms. The lowest BCUT2D eigenvalue weighted by atomic mass is 9.79. The molecule has 1 heterocycles. The molecule has 2 unspecified atom stereocenters. The fourth-order valence-electron chi connectivity index (χ4n) is 3.38. The molecule has 0 amide bonds. The van der Waals surface area contributed by atoms with Crippen LogP contribution in [0.3, 0.4) is 0 Å². The van der Waals surface area contributed by atoms with Gasteiger partial charge in [-0.25, -0.2) is 0 Å². The summed E-state index contributed by atoms with van der Waals surface area (Å²) in [4.78, 5) is 2.53. The number of hydrogen-bond acceptors (Lipinski definition) is 2. The molecule has 1 aliphatic heterocycles. The molecule has 1 saturated heterocycles. The van der Waals surface area contributed by atoms with Crippen LogP contribution in [-0.2, 0) is 10.8 Å². The fraction of sp³-hybridized carbons (Fsp3) is 0.867. The third-order valence-electron chi connectivity index (χ3n) is 4.83. The average molecular weight is 269 g/mol. The van der Waals surface area contributed by atoms with Crippen molar-refractivity contribution in [2.45, 2.75) is 45.6 Å². The molecule has 18 heavy (non-hydrogen) atoms. The van der Waals surface area contributed by atoms with Crippen molar-refractivity contribution < 1.29 is 4.21 Å². The van der Waals surface area contributed by atoms with Gasteiger partial charge in [0.15, 0.2) is 0 Å². The first-order chi connectivity index (χ1) is 8.58. The van der Waals surface area contributed by atoms with Gasteiger partial charge >= 0.3 is 0 Å². The summed E-state index contributed by atoms with van der Waals surface area (Å²) < 4.78 is 11.4. The third kappa shape index (κ3) is 3.45. The van der Waals surface area contributed by atoms with E-state index in [1.807, 2.05) is 0 Å². The second kappa shape index (κ2) is 6.33. The zero-order valence-corrected chi connectivity index (χ0v) is 12.8. The van der Waals surface area contributed by atoms with E-state index in [0.717, 1.165) is 36.2 Å². The Bertz CT molecular complexity index is 329. The molecule has 0 radical (unpaired) electrons. The van der Waals surface area contributed by atoms with Gasteiger partial charge in [-0.15, -0.1) is 0 Å². The molecule has 0 aromatic rings. The monoisotopic (exact) mass is 269 g/mol. The molecule has 2 atom stereocenters. The minimum absolute atomic E-state index is 0.536. The quantitative estimate of drug-likeness (QED) is 0.734. The van der Waals surface area contributed by atoms with Gasteiger partial charge in [0.25, 0.3) is 0 Å². The zero-order valence-electron chi connectivity index (χ0n) is 12.0. The number of allylic oxidation sites excluding steroid dienone is 1. The lowest BCUT2D eigenvalue weighted by Gasteiger charge is -2.37. The van der Waals surface area contributed by atoms with Crippen molar-refractivity contribution in [3.63, 3.8) is 0 Å². The maximum absolute atomic E-state index is 11.4. The molecule has 0 bridgehead atoms. The summed E-state index contributed by atoms with van der Waals surface area (Å²) in [6, 6.07) is 0.657. The van der Waals surface area contributed by atoms with Gasteiger partial charge in [-0.05, 0) is 51.5 Å². The second-order valence-corrected chi connectivity index (χ2v) is 7.82. The minimum Gasteiger partial charge on any atom is -0.303 e. The van der Waals surface area contributed by atoms with Gasteiger partial charge in [-0.2, -0.15) is 0 Å². The number of nitrogens with zero attached hydrogens (tertiary/aromatic N) is 1. The summed E-state index contributed by atoms with van der Waals surface area (Å²) in [5.74, 6) is 3.36. The van der Waals surface area contributed by atoms with E-state index in [1.165, 1.54) is 19.4 Å². The molecular weight excluding hydrogens is 242 g/mol. The molecule has 0 N–H and O–H groups in total. The smallest absolute Gasteiger partial charge is 0.0249 e. The van der Waals surface area contributed by atoms with Crippen molar-refractivity contribution in [1.29, 1.82) is 0 Å². The van der Waals surface area contributed by atoms with Crippen molar-refractivity contribution >= 4 is 10.8 Å². The van der Waals surface area contributed by atoms with E-state index in [-0.39, 0.29) is 0 Å². The Morgan fingerprint density at radius 3 is 2.61 bits per heavy atom. The van der Waals surface area contributed by atoms with Gasteiger partial charge in [0.05, 0.1) is 0 Å². The van der Waals surface area contributed by atoms with E-state index in [9.17, 15) is 4.21 Å². The Balaban J connectivity index is 1.90. The van der Waals surface area contributed by atoms with E-state index >= 15 is 0 Å². The normalized spacial score (nSPS) is 37.7. The molecule has 0 spiro atoms. The summed E-state index contributed by atoms with van der Waals surface area (Å²) >= 11 is 0. The molecule has 104 valence electrons. The van der Waals surface area contributed by atoms with E-state index < -0.39 is 10.8 Å². The first-order valence-electron chi connectivity index (χ1n) is 7.29. The Labute approximate surface area is 114 Å². The van der Waals surface area contributed by atoms with Gasteiger partial charge in [0.1, 0.15) is 0 Å². The maximum Gasteiger partial charge on any atom is 0.0249 e. The fourth-order valence-corrected chi connectivity index (χ4v) is 4.65. The summed E-state index contributed by atoms with van der Waals surface area (Å²) in [5, 5.41) is 0. The molecule has 2 aliphatic rings. The van der Waals surface area contributed by atoms with E-state index in [0.29, 0.717) is 6.04 Å². The molecule has 0 aromatic heterocycles. The average Bonchev–Trinajstić information content (AvgIpc) is 2.34. The Hall–Kier alpha value is -0.150. The van der Waals surface area contributed by atoms with Crippen molar-refractivity contribution in [1.82, 2.24) is 4.90 Å². The Kier molecular flexibility index (Phi) is 5.02. The maximum atomic E-state index is 11.4. The van der Waals surface area contributed by atoms with Crippen LogP contribution in [0.5, 0.6) is 0 Å². The molecule has 2 nitrogen and oxygen atoms in total. The van der Waals surface area contributed by atoms with E-state index in [1.54, 1.807) is 5.57 Å². The SMILES string of the molecule is CC1=CCCC(C)C1CN(C)C1CCS(=O)CC1. The van der Waals surface area contributed by atoms with Gasteiger partial charge in [0, 0.05) is 34.9 Å². The third-order valence-corrected chi connectivity index (χ3v) is 6.21. The topological polar surface area (TPSA) is 20.3 Å². The van der Waals surface area contributed by atoms with Crippen LogP contribution in [0.15, 0.2) is 11.6 Å². The highest BCUT2D eigenvalue weighted by Crippen LogP contribution is 2.31. The van der Waals surface area contributed by atoms with Crippen LogP contribution in [0.1, 0.15) is 39.5 Å². The second-order valence-electron chi connectivity index (χ2n) is 6.13. The summed E-state index contributed by atoms with van der Waals surface area (Å²) in [5.41, 5.74) is 1.58.